The van der Waals surface area contributed by atoms with Gasteiger partial charge >= 0.3 is 11.9 Å². The van der Waals surface area contributed by atoms with Gasteiger partial charge < -0.3 is 9.47 Å². The average molecular weight is 621 g/mol. The minimum Gasteiger partial charge on any atom is -0.462 e. The molecule has 0 aliphatic carbocycles. The summed E-state index contributed by atoms with van der Waals surface area (Å²) in [6, 6.07) is 30.4. The lowest BCUT2D eigenvalue weighted by Gasteiger charge is -2.04. The Morgan fingerprint density at radius 3 is 0.870 bits per heavy atom. The molecule has 0 spiro atoms. The third kappa shape index (κ3) is 10.9. The summed E-state index contributed by atoms with van der Waals surface area (Å²) in [5.41, 5.74) is 3.00. The summed E-state index contributed by atoms with van der Waals surface area (Å²) in [7, 11) is 0. The van der Waals surface area contributed by atoms with E-state index >= 15 is 0 Å². The number of carbonyl (C=O) groups is 6. The normalized spacial score (nSPS) is 10.1. The van der Waals surface area contributed by atoms with Gasteiger partial charge in [0.15, 0.2) is 23.1 Å². The van der Waals surface area contributed by atoms with Crippen molar-refractivity contribution in [1.82, 2.24) is 0 Å². The molecule has 0 heterocycles. The van der Waals surface area contributed by atoms with Gasteiger partial charge in [-0.1, -0.05) is 84.9 Å². The fourth-order valence-electron chi connectivity index (χ4n) is 4.29. The molecule has 0 aromatic heterocycles. The van der Waals surface area contributed by atoms with Crippen molar-refractivity contribution >= 4 is 35.1 Å². The fraction of sp³-hybridized carbons (Fsp3) is 0.211. The van der Waals surface area contributed by atoms with E-state index in [0.717, 1.165) is 0 Å². The number of Topliss-reactive ketones (excluding diaryl/α,β-unsaturated/α-hetero) is 4. The van der Waals surface area contributed by atoms with Crippen molar-refractivity contribution in [1.29, 1.82) is 0 Å². The minimum atomic E-state index is -0.411. The molecular formula is C38H36O8. The largest absolute Gasteiger partial charge is 0.462 e. The summed E-state index contributed by atoms with van der Waals surface area (Å²) >= 11 is 0. The van der Waals surface area contributed by atoms with Crippen LogP contribution >= 0.6 is 0 Å². The molecule has 0 bridgehead atoms. The third-order valence-corrected chi connectivity index (χ3v) is 6.79. The van der Waals surface area contributed by atoms with Crippen LogP contribution in [0.25, 0.3) is 0 Å². The van der Waals surface area contributed by atoms with Gasteiger partial charge in [0.25, 0.3) is 0 Å². The molecule has 0 fully saturated rings. The second-order valence-electron chi connectivity index (χ2n) is 10.0. The van der Waals surface area contributed by atoms with Crippen molar-refractivity contribution in [2.45, 2.75) is 39.5 Å². The number of carbonyl (C=O) groups excluding carboxylic acids is 6. The highest BCUT2D eigenvalue weighted by Crippen LogP contribution is 2.13. The molecule has 4 aromatic carbocycles. The van der Waals surface area contributed by atoms with Gasteiger partial charge in [0.05, 0.1) is 24.3 Å². The van der Waals surface area contributed by atoms with E-state index in [1.165, 1.54) is 0 Å². The molecule has 4 aromatic rings. The van der Waals surface area contributed by atoms with Crippen LogP contribution in [-0.4, -0.2) is 48.3 Å². The Labute approximate surface area is 268 Å². The van der Waals surface area contributed by atoms with Gasteiger partial charge in [0.1, 0.15) is 0 Å². The first-order valence-corrected chi connectivity index (χ1v) is 15.0. The van der Waals surface area contributed by atoms with Crippen LogP contribution in [-0.2, 0) is 9.47 Å². The summed E-state index contributed by atoms with van der Waals surface area (Å²) in [5.74, 6) is -1.17. The van der Waals surface area contributed by atoms with Crippen molar-refractivity contribution in [3.63, 3.8) is 0 Å². The maximum absolute atomic E-state index is 12.1. The van der Waals surface area contributed by atoms with Crippen LogP contribution in [0.4, 0.5) is 0 Å². The molecule has 0 atom stereocenters. The molecule has 0 aliphatic heterocycles. The van der Waals surface area contributed by atoms with E-state index in [1.807, 2.05) is 12.1 Å². The van der Waals surface area contributed by atoms with Gasteiger partial charge in [0.2, 0.25) is 0 Å². The van der Waals surface area contributed by atoms with Crippen LogP contribution in [0.15, 0.2) is 109 Å². The van der Waals surface area contributed by atoms with Crippen molar-refractivity contribution in [2.24, 2.45) is 0 Å². The van der Waals surface area contributed by atoms with Crippen LogP contribution in [0.3, 0.4) is 0 Å². The lowest BCUT2D eigenvalue weighted by molar-refractivity contribution is 0.0516. The Kier molecular flexibility index (Phi) is 13.9. The molecule has 46 heavy (non-hydrogen) atoms. The Bertz CT molecular complexity index is 1500. The van der Waals surface area contributed by atoms with Gasteiger partial charge in [-0.2, -0.15) is 0 Å². The second-order valence-corrected chi connectivity index (χ2v) is 10.0. The number of ether oxygens (including phenoxy) is 2. The third-order valence-electron chi connectivity index (χ3n) is 6.79. The molecule has 0 N–H and O–H groups in total. The molecule has 0 unspecified atom stereocenters. The topological polar surface area (TPSA) is 121 Å². The van der Waals surface area contributed by atoms with Crippen LogP contribution < -0.4 is 0 Å². The summed E-state index contributed by atoms with van der Waals surface area (Å²) in [6.45, 7) is 4.08. The van der Waals surface area contributed by atoms with Crippen LogP contribution in [0.2, 0.25) is 0 Å². The Morgan fingerprint density at radius 1 is 0.370 bits per heavy atom. The number of ketones is 4. The number of benzene rings is 4. The van der Waals surface area contributed by atoms with Gasteiger partial charge in [-0.15, -0.1) is 0 Å². The summed E-state index contributed by atoms with van der Waals surface area (Å²) in [5, 5.41) is 0. The van der Waals surface area contributed by atoms with Gasteiger partial charge in [-0.25, -0.2) is 9.59 Å². The molecule has 8 nitrogen and oxygen atoms in total. The standard InChI is InChI=1S/2C19H18O4/c2*1-2-23-19(22)16-10-8-15(9-11-16)18(21)13-12-17(20)14-6-4-3-5-7-14/h2*3-11H,2,12-13H2,1H3. The van der Waals surface area contributed by atoms with Crippen LogP contribution in [0, 0.1) is 0 Å². The van der Waals surface area contributed by atoms with E-state index in [1.54, 1.807) is 111 Å². The maximum atomic E-state index is 12.1. The van der Waals surface area contributed by atoms with Crippen molar-refractivity contribution in [3.8, 4) is 0 Å². The first-order chi connectivity index (χ1) is 22.2. The average Bonchev–Trinajstić information content (AvgIpc) is 3.10. The SMILES string of the molecule is CCOC(=O)c1ccc(C(=O)CCC(=O)c2ccccc2)cc1.CCOC(=O)c1ccc(C(=O)CCC(=O)c2ccccc2)cc1. The van der Waals surface area contributed by atoms with E-state index in [0.29, 0.717) is 46.6 Å². The van der Waals surface area contributed by atoms with E-state index in [9.17, 15) is 28.8 Å². The highest BCUT2D eigenvalue weighted by atomic mass is 16.5. The predicted octanol–water partition coefficient (Wildman–Crippen LogP) is 7.42. The first-order valence-electron chi connectivity index (χ1n) is 15.0. The van der Waals surface area contributed by atoms with E-state index in [2.05, 4.69) is 0 Å². The zero-order valence-electron chi connectivity index (χ0n) is 25.9. The Morgan fingerprint density at radius 2 is 0.609 bits per heavy atom. The molecule has 4 rings (SSSR count). The zero-order valence-corrected chi connectivity index (χ0v) is 25.9. The van der Waals surface area contributed by atoms with Crippen molar-refractivity contribution in [2.75, 3.05) is 13.2 Å². The quantitative estimate of drug-likeness (QED) is 0.105. The number of hydrogen-bond acceptors (Lipinski definition) is 8. The molecular weight excluding hydrogens is 584 g/mol. The van der Waals surface area contributed by atoms with Crippen LogP contribution in [0.1, 0.15) is 102 Å². The smallest absolute Gasteiger partial charge is 0.338 e. The van der Waals surface area contributed by atoms with Gasteiger partial charge in [0, 0.05) is 47.9 Å². The van der Waals surface area contributed by atoms with E-state index in [4.69, 9.17) is 9.47 Å². The maximum Gasteiger partial charge on any atom is 0.338 e. The molecule has 236 valence electrons. The molecule has 0 saturated carbocycles. The Balaban J connectivity index is 0.000000250. The summed E-state index contributed by atoms with van der Waals surface area (Å²) in [4.78, 5) is 71.3. The number of hydrogen-bond donors (Lipinski definition) is 0. The van der Waals surface area contributed by atoms with Gasteiger partial charge in [-0.3, -0.25) is 19.2 Å². The number of esters is 2. The molecule has 0 radical (unpaired) electrons. The Hall–Kier alpha value is -5.50. The zero-order chi connectivity index (χ0) is 33.3. The van der Waals surface area contributed by atoms with E-state index in [-0.39, 0.29) is 48.8 Å². The predicted molar refractivity (Wildman–Crippen MR) is 173 cm³/mol. The minimum absolute atomic E-state index is 0.0536. The molecule has 0 saturated heterocycles. The highest BCUT2D eigenvalue weighted by Gasteiger charge is 2.14. The van der Waals surface area contributed by atoms with E-state index < -0.39 is 11.9 Å². The summed E-state index contributed by atoms with van der Waals surface area (Å²) in [6.07, 6.45) is 0.629. The number of rotatable bonds is 14. The van der Waals surface area contributed by atoms with Crippen molar-refractivity contribution in [3.05, 3.63) is 143 Å². The van der Waals surface area contributed by atoms with Gasteiger partial charge in [-0.05, 0) is 38.1 Å². The second kappa shape index (κ2) is 18.3. The lowest BCUT2D eigenvalue weighted by Crippen LogP contribution is -2.07. The molecule has 0 amide bonds. The lowest BCUT2D eigenvalue weighted by atomic mass is 10.0. The summed E-state index contributed by atoms with van der Waals surface area (Å²) < 4.78 is 9.78. The first kappa shape index (κ1) is 35.0. The molecule has 8 heteroatoms. The monoisotopic (exact) mass is 620 g/mol. The van der Waals surface area contributed by atoms with Crippen molar-refractivity contribution < 1.29 is 38.2 Å². The fourth-order valence-corrected chi connectivity index (χ4v) is 4.29. The van der Waals surface area contributed by atoms with Crippen LogP contribution in [0.5, 0.6) is 0 Å². The highest BCUT2D eigenvalue weighted by molar-refractivity contribution is 6.03. The molecule has 0 aliphatic rings.